The molecular weight excluding hydrogens is 407 g/mol. The maximum Gasteiger partial charge on any atom is 0.260 e. The Morgan fingerprint density at radius 1 is 1.22 bits per heavy atom. The number of nitrogens with zero attached hydrogens (tertiary/aromatic N) is 2. The number of carbonyl (C=O) groups excluding carboxylic acids is 1. The van der Waals surface area contributed by atoms with Crippen LogP contribution in [0.5, 0.6) is 0 Å². The molecule has 1 amide bonds. The third-order valence-corrected chi connectivity index (χ3v) is 6.27. The van der Waals surface area contributed by atoms with E-state index in [-0.39, 0.29) is 11.7 Å². The number of fused-ring (bicyclic) bond motifs is 1. The van der Waals surface area contributed by atoms with Crippen LogP contribution in [0.15, 0.2) is 48.4 Å². The molecule has 0 aliphatic carbocycles. The van der Waals surface area contributed by atoms with Gasteiger partial charge < -0.3 is 20.3 Å². The van der Waals surface area contributed by atoms with E-state index in [1.165, 1.54) is 38.1 Å². The maximum absolute atomic E-state index is 13.6. The highest BCUT2D eigenvalue weighted by atomic mass is 19.1. The molecule has 2 N–H and O–H groups in total. The number of amides is 1. The van der Waals surface area contributed by atoms with Crippen molar-refractivity contribution < 1.29 is 13.9 Å². The summed E-state index contributed by atoms with van der Waals surface area (Å²) in [4.78, 5) is 19.6. The lowest BCUT2D eigenvalue weighted by Crippen LogP contribution is -2.26. The van der Waals surface area contributed by atoms with Crippen molar-refractivity contribution in [2.75, 3.05) is 36.8 Å². The van der Waals surface area contributed by atoms with Crippen LogP contribution in [-0.4, -0.2) is 47.6 Å². The average molecular weight is 435 g/mol. The van der Waals surface area contributed by atoms with Gasteiger partial charge in [0.15, 0.2) is 0 Å². The van der Waals surface area contributed by atoms with Gasteiger partial charge in [-0.15, -0.1) is 0 Å². The van der Waals surface area contributed by atoms with Gasteiger partial charge in [-0.2, -0.15) is 0 Å². The normalized spacial score (nSPS) is 21.8. The van der Waals surface area contributed by atoms with Crippen LogP contribution in [-0.2, 0) is 9.53 Å². The number of hydrogen-bond donors (Lipinski definition) is 2. The average Bonchev–Trinajstić information content (AvgIpc) is 3.45. The molecule has 0 atom stereocenters. The summed E-state index contributed by atoms with van der Waals surface area (Å²) >= 11 is 0. The molecule has 5 rings (SSSR count). The molecule has 1 aromatic heterocycles. The van der Waals surface area contributed by atoms with Crippen LogP contribution in [0.3, 0.4) is 0 Å². The zero-order valence-corrected chi connectivity index (χ0v) is 18.4. The number of likely N-dealkylation sites (tertiary alicyclic amines) is 1. The molecule has 0 bridgehead atoms. The number of halogens is 1. The van der Waals surface area contributed by atoms with Crippen LogP contribution in [0.4, 0.5) is 15.9 Å². The topological polar surface area (TPSA) is 66.5 Å². The SMILES string of the molecule is CC1(C)OC(=C2C(=O)Nc3cc(F)ccc32)C=C1c1ccnc(NCCN2CCCC2)c1. The summed E-state index contributed by atoms with van der Waals surface area (Å²) in [6.07, 6.45) is 6.27. The van der Waals surface area contributed by atoms with Gasteiger partial charge in [0.1, 0.15) is 23.0 Å². The smallest absolute Gasteiger partial charge is 0.260 e. The third-order valence-electron chi connectivity index (χ3n) is 6.27. The Balaban J connectivity index is 1.42. The number of pyridine rings is 1. The fraction of sp³-hybridized carbons (Fsp3) is 0.360. The van der Waals surface area contributed by atoms with Gasteiger partial charge in [-0.1, -0.05) is 0 Å². The van der Waals surface area contributed by atoms with Crippen LogP contribution in [0, 0.1) is 5.82 Å². The van der Waals surface area contributed by atoms with Crippen molar-refractivity contribution in [3.63, 3.8) is 0 Å². The molecule has 4 heterocycles. The summed E-state index contributed by atoms with van der Waals surface area (Å²) < 4.78 is 19.8. The molecule has 166 valence electrons. The number of hydrogen-bond acceptors (Lipinski definition) is 5. The van der Waals surface area contributed by atoms with Gasteiger partial charge in [-0.25, -0.2) is 9.37 Å². The molecular formula is C25H27FN4O2. The number of rotatable bonds is 5. The van der Waals surface area contributed by atoms with Gasteiger partial charge in [-0.3, -0.25) is 4.79 Å². The van der Waals surface area contributed by atoms with Gasteiger partial charge in [0.2, 0.25) is 0 Å². The predicted molar refractivity (Wildman–Crippen MR) is 123 cm³/mol. The van der Waals surface area contributed by atoms with Crippen molar-refractivity contribution in [1.29, 1.82) is 0 Å². The van der Waals surface area contributed by atoms with E-state index in [2.05, 4.69) is 20.5 Å². The van der Waals surface area contributed by atoms with Crippen LogP contribution in [0.1, 0.15) is 37.8 Å². The summed E-state index contributed by atoms with van der Waals surface area (Å²) in [5.41, 5.74) is 2.88. The molecule has 0 spiro atoms. The Labute approximate surface area is 187 Å². The fourth-order valence-corrected chi connectivity index (χ4v) is 4.65. The fourth-order valence-electron chi connectivity index (χ4n) is 4.65. The van der Waals surface area contributed by atoms with Gasteiger partial charge >= 0.3 is 0 Å². The Kier molecular flexibility index (Phi) is 5.21. The van der Waals surface area contributed by atoms with Gasteiger partial charge in [0.25, 0.3) is 5.91 Å². The number of ether oxygens (including phenoxy) is 1. The molecule has 0 radical (unpaired) electrons. The molecule has 6 nitrogen and oxygen atoms in total. The molecule has 1 fully saturated rings. The Morgan fingerprint density at radius 2 is 2.03 bits per heavy atom. The van der Waals surface area contributed by atoms with E-state index in [0.29, 0.717) is 22.6 Å². The highest BCUT2D eigenvalue weighted by Crippen LogP contribution is 2.44. The van der Waals surface area contributed by atoms with E-state index in [4.69, 9.17) is 4.74 Å². The maximum atomic E-state index is 13.6. The highest BCUT2D eigenvalue weighted by Gasteiger charge is 2.38. The Bertz CT molecular complexity index is 1130. The van der Waals surface area contributed by atoms with Crippen LogP contribution < -0.4 is 10.6 Å². The zero-order valence-electron chi connectivity index (χ0n) is 18.4. The minimum absolute atomic E-state index is 0.284. The molecule has 0 saturated carbocycles. The second-order valence-electron chi connectivity index (χ2n) is 8.96. The molecule has 1 saturated heterocycles. The summed E-state index contributed by atoms with van der Waals surface area (Å²) in [6.45, 7) is 8.16. The lowest BCUT2D eigenvalue weighted by atomic mass is 9.92. The lowest BCUT2D eigenvalue weighted by molar-refractivity contribution is -0.111. The highest BCUT2D eigenvalue weighted by molar-refractivity contribution is 6.32. The lowest BCUT2D eigenvalue weighted by Gasteiger charge is -2.23. The first-order chi connectivity index (χ1) is 15.4. The molecule has 1 aromatic carbocycles. The quantitative estimate of drug-likeness (QED) is 0.688. The minimum atomic E-state index is -0.625. The van der Waals surface area contributed by atoms with Crippen molar-refractivity contribution in [2.24, 2.45) is 0 Å². The number of aromatic nitrogens is 1. The van der Waals surface area contributed by atoms with E-state index >= 15 is 0 Å². The number of anilines is 2. The van der Waals surface area contributed by atoms with E-state index in [1.807, 2.05) is 32.1 Å². The second-order valence-corrected chi connectivity index (χ2v) is 8.96. The van der Waals surface area contributed by atoms with Crippen LogP contribution in [0.2, 0.25) is 0 Å². The van der Waals surface area contributed by atoms with Crippen LogP contribution in [0.25, 0.3) is 11.1 Å². The molecule has 0 unspecified atom stereocenters. The van der Waals surface area contributed by atoms with E-state index in [1.54, 1.807) is 12.3 Å². The Morgan fingerprint density at radius 3 is 2.84 bits per heavy atom. The number of carbonyl (C=O) groups is 1. The van der Waals surface area contributed by atoms with Crippen molar-refractivity contribution in [3.8, 4) is 0 Å². The standard InChI is InChI=1S/C25H27FN4O2/c1-25(2)19(16-7-8-27-22(13-16)28-9-12-30-10-3-4-11-30)15-21(32-25)23-18-6-5-17(26)14-20(18)29-24(23)31/h5-8,13-15H,3-4,9-12H2,1-2H3,(H,27,28)(H,29,31). The number of nitrogens with one attached hydrogen (secondary N) is 2. The third kappa shape index (κ3) is 3.88. The van der Waals surface area contributed by atoms with Gasteiger partial charge in [-0.05, 0) is 81.7 Å². The Hall–Kier alpha value is -3.19. The van der Waals surface area contributed by atoms with Gasteiger partial charge in [0.05, 0.1) is 11.3 Å². The predicted octanol–water partition coefficient (Wildman–Crippen LogP) is 4.28. The van der Waals surface area contributed by atoms with E-state index < -0.39 is 5.60 Å². The van der Waals surface area contributed by atoms with Crippen LogP contribution >= 0.6 is 0 Å². The van der Waals surface area contributed by atoms with Crippen molar-refractivity contribution in [1.82, 2.24) is 9.88 Å². The molecule has 3 aliphatic rings. The first-order valence-corrected chi connectivity index (χ1v) is 11.1. The minimum Gasteiger partial charge on any atom is -0.482 e. The van der Waals surface area contributed by atoms with Crippen molar-refractivity contribution in [2.45, 2.75) is 32.3 Å². The molecule has 3 aliphatic heterocycles. The summed E-state index contributed by atoms with van der Waals surface area (Å²) in [6, 6.07) is 8.27. The number of benzene rings is 1. The first kappa shape index (κ1) is 20.7. The monoisotopic (exact) mass is 434 g/mol. The van der Waals surface area contributed by atoms with E-state index in [0.717, 1.165) is 30.0 Å². The van der Waals surface area contributed by atoms with E-state index in [9.17, 15) is 9.18 Å². The first-order valence-electron chi connectivity index (χ1n) is 11.1. The number of allylic oxidation sites excluding steroid dienone is 1. The zero-order chi connectivity index (χ0) is 22.3. The largest absolute Gasteiger partial charge is 0.482 e. The van der Waals surface area contributed by atoms with Crippen molar-refractivity contribution >= 4 is 28.6 Å². The molecule has 2 aromatic rings. The van der Waals surface area contributed by atoms with Gasteiger partial charge in [0, 0.05) is 30.4 Å². The molecule has 7 heteroatoms. The molecule has 32 heavy (non-hydrogen) atoms. The summed E-state index contributed by atoms with van der Waals surface area (Å²) in [7, 11) is 0. The second kappa shape index (κ2) is 8.06. The summed E-state index contributed by atoms with van der Waals surface area (Å²) in [5, 5.41) is 6.15. The summed E-state index contributed by atoms with van der Waals surface area (Å²) in [5.74, 6) is 0.640. The van der Waals surface area contributed by atoms with Crippen molar-refractivity contribution in [3.05, 3.63) is 65.3 Å².